The summed E-state index contributed by atoms with van der Waals surface area (Å²) in [5, 5.41) is 55.5. The molecule has 1 aliphatic rings. The Balaban J connectivity index is 2.65. The molecule has 0 aromatic rings. The van der Waals surface area contributed by atoms with E-state index in [0.29, 0.717) is 0 Å². The SMILES string of the molecule is OCC(OC1C(O)C=COC1CO)OC(CO)[C@H](O)CO. The van der Waals surface area contributed by atoms with Gasteiger partial charge in [0.15, 0.2) is 6.29 Å². The minimum atomic E-state index is -1.35. The third-order valence-electron chi connectivity index (χ3n) is 2.99. The molecular weight excluding hydrogens is 288 g/mol. The van der Waals surface area contributed by atoms with Crippen molar-refractivity contribution < 1.29 is 44.8 Å². The zero-order chi connectivity index (χ0) is 15.8. The standard InChI is InChI=1S/C12H22O9/c13-3-8(18)9(4-14)20-11(6-16)21-12-7(17)1-2-19-10(12)5-15/h1-2,7-18H,3-6H2/t7?,8-,9?,10?,11?,12?/m1/s1. The van der Waals surface area contributed by atoms with Crippen LogP contribution in [0, 0.1) is 0 Å². The van der Waals surface area contributed by atoms with Gasteiger partial charge in [0.1, 0.15) is 30.5 Å². The number of hydrogen-bond acceptors (Lipinski definition) is 9. The van der Waals surface area contributed by atoms with E-state index in [1.54, 1.807) is 0 Å². The predicted octanol–water partition coefficient (Wildman–Crippen LogP) is -3.31. The van der Waals surface area contributed by atoms with Crippen LogP contribution >= 0.6 is 0 Å². The second-order valence-electron chi connectivity index (χ2n) is 4.50. The molecule has 1 rings (SSSR count). The van der Waals surface area contributed by atoms with E-state index in [9.17, 15) is 15.3 Å². The van der Waals surface area contributed by atoms with Crippen LogP contribution < -0.4 is 0 Å². The lowest BCUT2D eigenvalue weighted by Crippen LogP contribution is -2.49. The van der Waals surface area contributed by atoms with Crippen LogP contribution in [0.15, 0.2) is 12.3 Å². The van der Waals surface area contributed by atoms with Crippen molar-refractivity contribution in [2.75, 3.05) is 26.4 Å². The van der Waals surface area contributed by atoms with Gasteiger partial charge in [0, 0.05) is 0 Å². The Kier molecular flexibility index (Phi) is 8.07. The molecule has 0 aliphatic carbocycles. The first-order valence-electron chi connectivity index (χ1n) is 6.50. The first-order valence-corrected chi connectivity index (χ1v) is 6.50. The Labute approximate surface area is 121 Å². The van der Waals surface area contributed by atoms with Gasteiger partial charge in [-0.2, -0.15) is 0 Å². The topological polar surface area (TPSA) is 149 Å². The maximum Gasteiger partial charge on any atom is 0.181 e. The molecule has 0 amide bonds. The molecule has 0 fully saturated rings. The molecule has 124 valence electrons. The molecule has 6 atom stereocenters. The van der Waals surface area contributed by atoms with E-state index in [1.165, 1.54) is 12.3 Å². The second-order valence-corrected chi connectivity index (χ2v) is 4.50. The number of hydrogen-bond donors (Lipinski definition) is 6. The van der Waals surface area contributed by atoms with Gasteiger partial charge in [-0.25, -0.2) is 0 Å². The fraction of sp³-hybridized carbons (Fsp3) is 0.833. The quantitative estimate of drug-likeness (QED) is 0.241. The van der Waals surface area contributed by atoms with Gasteiger partial charge in [0.2, 0.25) is 0 Å². The molecule has 0 spiro atoms. The smallest absolute Gasteiger partial charge is 0.181 e. The molecule has 5 unspecified atom stereocenters. The summed E-state index contributed by atoms with van der Waals surface area (Å²) in [6.45, 7) is -2.29. The first-order chi connectivity index (χ1) is 10.1. The van der Waals surface area contributed by atoms with E-state index in [4.69, 9.17) is 29.5 Å². The minimum Gasteiger partial charge on any atom is -0.493 e. The van der Waals surface area contributed by atoms with Crippen molar-refractivity contribution in [3.05, 3.63) is 12.3 Å². The molecular formula is C12H22O9. The molecule has 1 heterocycles. The van der Waals surface area contributed by atoms with Crippen molar-refractivity contribution in [2.45, 2.75) is 36.8 Å². The van der Waals surface area contributed by atoms with Crippen LogP contribution in [0.3, 0.4) is 0 Å². The van der Waals surface area contributed by atoms with Crippen molar-refractivity contribution in [3.63, 3.8) is 0 Å². The number of aliphatic hydroxyl groups is 6. The summed E-state index contributed by atoms with van der Waals surface area (Å²) in [4.78, 5) is 0. The average Bonchev–Trinajstić information content (AvgIpc) is 2.51. The summed E-state index contributed by atoms with van der Waals surface area (Å²) in [5.41, 5.74) is 0. The summed E-state index contributed by atoms with van der Waals surface area (Å²) in [6, 6.07) is 0. The Hall–Kier alpha value is -0.780. The normalized spacial score (nSPS) is 29.7. The van der Waals surface area contributed by atoms with Gasteiger partial charge in [-0.05, 0) is 6.08 Å². The van der Waals surface area contributed by atoms with E-state index < -0.39 is 63.2 Å². The Morgan fingerprint density at radius 2 is 1.81 bits per heavy atom. The van der Waals surface area contributed by atoms with Crippen molar-refractivity contribution in [2.24, 2.45) is 0 Å². The molecule has 0 bridgehead atoms. The van der Waals surface area contributed by atoms with Crippen LogP contribution in [-0.4, -0.2) is 93.9 Å². The van der Waals surface area contributed by atoms with E-state index in [0.717, 1.165) is 0 Å². The lowest BCUT2D eigenvalue weighted by molar-refractivity contribution is -0.259. The van der Waals surface area contributed by atoms with Gasteiger partial charge < -0.3 is 44.8 Å². The number of rotatable bonds is 9. The Morgan fingerprint density at radius 3 is 2.33 bits per heavy atom. The minimum absolute atomic E-state index is 0.424. The number of ether oxygens (including phenoxy) is 3. The molecule has 0 saturated carbocycles. The van der Waals surface area contributed by atoms with Crippen LogP contribution in [0.4, 0.5) is 0 Å². The van der Waals surface area contributed by atoms with Crippen molar-refractivity contribution in [1.82, 2.24) is 0 Å². The zero-order valence-corrected chi connectivity index (χ0v) is 11.4. The van der Waals surface area contributed by atoms with Gasteiger partial charge in [0.05, 0.1) is 32.7 Å². The summed E-state index contributed by atoms with van der Waals surface area (Å²) >= 11 is 0. The highest BCUT2D eigenvalue weighted by Gasteiger charge is 2.35. The molecule has 9 nitrogen and oxygen atoms in total. The molecule has 6 N–H and O–H groups in total. The Bertz CT molecular complexity index is 311. The second kappa shape index (κ2) is 9.28. The number of aliphatic hydroxyl groups excluding tert-OH is 6. The molecule has 0 radical (unpaired) electrons. The third kappa shape index (κ3) is 5.16. The largest absolute Gasteiger partial charge is 0.493 e. The van der Waals surface area contributed by atoms with Crippen LogP contribution in [0.2, 0.25) is 0 Å². The van der Waals surface area contributed by atoms with E-state index in [1.807, 2.05) is 0 Å². The van der Waals surface area contributed by atoms with Gasteiger partial charge in [-0.1, -0.05) is 0 Å². The molecule has 21 heavy (non-hydrogen) atoms. The maximum atomic E-state index is 9.78. The van der Waals surface area contributed by atoms with Gasteiger partial charge in [-0.15, -0.1) is 0 Å². The molecule has 0 aromatic carbocycles. The van der Waals surface area contributed by atoms with Crippen molar-refractivity contribution in [3.8, 4) is 0 Å². The van der Waals surface area contributed by atoms with Crippen molar-refractivity contribution in [1.29, 1.82) is 0 Å². The first kappa shape index (κ1) is 18.3. The molecule has 0 saturated heterocycles. The van der Waals surface area contributed by atoms with Crippen LogP contribution in [0.5, 0.6) is 0 Å². The van der Waals surface area contributed by atoms with Gasteiger partial charge in [-0.3, -0.25) is 0 Å². The van der Waals surface area contributed by atoms with Gasteiger partial charge >= 0.3 is 0 Å². The average molecular weight is 310 g/mol. The Morgan fingerprint density at radius 1 is 1.10 bits per heavy atom. The van der Waals surface area contributed by atoms with Gasteiger partial charge in [0.25, 0.3) is 0 Å². The summed E-state index contributed by atoms with van der Waals surface area (Å²) in [6.07, 6.45) is -4.20. The summed E-state index contributed by atoms with van der Waals surface area (Å²) in [5.74, 6) is 0. The molecule has 1 aliphatic heterocycles. The summed E-state index contributed by atoms with van der Waals surface area (Å²) < 4.78 is 15.5. The fourth-order valence-electron chi connectivity index (χ4n) is 1.81. The summed E-state index contributed by atoms with van der Waals surface area (Å²) in [7, 11) is 0. The monoisotopic (exact) mass is 310 g/mol. The highest BCUT2D eigenvalue weighted by Crippen LogP contribution is 2.19. The van der Waals surface area contributed by atoms with Crippen LogP contribution in [0.25, 0.3) is 0 Å². The van der Waals surface area contributed by atoms with Crippen LogP contribution in [-0.2, 0) is 14.2 Å². The maximum absolute atomic E-state index is 9.78. The predicted molar refractivity (Wildman–Crippen MR) is 67.9 cm³/mol. The zero-order valence-electron chi connectivity index (χ0n) is 11.4. The molecule has 0 aromatic heterocycles. The third-order valence-corrected chi connectivity index (χ3v) is 2.99. The lowest BCUT2D eigenvalue weighted by Gasteiger charge is -2.34. The van der Waals surface area contributed by atoms with E-state index in [-0.39, 0.29) is 0 Å². The van der Waals surface area contributed by atoms with E-state index in [2.05, 4.69) is 0 Å². The fourth-order valence-corrected chi connectivity index (χ4v) is 1.81. The van der Waals surface area contributed by atoms with Crippen molar-refractivity contribution >= 4 is 0 Å². The highest BCUT2D eigenvalue weighted by atomic mass is 16.7. The van der Waals surface area contributed by atoms with E-state index >= 15 is 0 Å². The lowest BCUT2D eigenvalue weighted by atomic mass is 10.1. The molecule has 9 heteroatoms. The highest BCUT2D eigenvalue weighted by molar-refractivity contribution is 4.97. The van der Waals surface area contributed by atoms with Crippen LogP contribution in [0.1, 0.15) is 0 Å².